The highest BCUT2D eigenvalue weighted by molar-refractivity contribution is 5.91. The van der Waals surface area contributed by atoms with E-state index < -0.39 is 6.10 Å². The van der Waals surface area contributed by atoms with Crippen molar-refractivity contribution in [1.82, 2.24) is 4.90 Å². The summed E-state index contributed by atoms with van der Waals surface area (Å²) in [5.74, 6) is 0.626. The maximum atomic E-state index is 11.9. The van der Waals surface area contributed by atoms with Crippen LogP contribution in [-0.2, 0) is 0 Å². The largest absolute Gasteiger partial charge is 0.495 e. The van der Waals surface area contributed by atoms with E-state index in [0.29, 0.717) is 30.9 Å². The fourth-order valence-corrected chi connectivity index (χ4v) is 1.87. The Labute approximate surface area is 100.0 Å². The van der Waals surface area contributed by atoms with Gasteiger partial charge in [0.15, 0.2) is 0 Å². The molecule has 0 radical (unpaired) electrons. The first kappa shape index (κ1) is 11.7. The van der Waals surface area contributed by atoms with Crippen LogP contribution in [0.1, 0.15) is 6.42 Å². The van der Waals surface area contributed by atoms with Gasteiger partial charge < -0.3 is 20.1 Å². The van der Waals surface area contributed by atoms with Crippen molar-refractivity contribution in [3.05, 3.63) is 24.3 Å². The van der Waals surface area contributed by atoms with Crippen LogP contribution in [0.5, 0.6) is 5.75 Å². The van der Waals surface area contributed by atoms with E-state index in [1.807, 2.05) is 12.1 Å². The van der Waals surface area contributed by atoms with Gasteiger partial charge in [-0.15, -0.1) is 0 Å². The van der Waals surface area contributed by atoms with Gasteiger partial charge in [-0.25, -0.2) is 4.79 Å². The first-order chi connectivity index (χ1) is 8.20. The molecule has 5 heteroatoms. The highest BCUT2D eigenvalue weighted by atomic mass is 16.5. The zero-order chi connectivity index (χ0) is 12.3. The van der Waals surface area contributed by atoms with E-state index in [9.17, 15) is 9.90 Å². The smallest absolute Gasteiger partial charge is 0.322 e. The first-order valence-corrected chi connectivity index (χ1v) is 5.57. The van der Waals surface area contributed by atoms with Gasteiger partial charge in [0.2, 0.25) is 0 Å². The maximum Gasteiger partial charge on any atom is 0.322 e. The Morgan fingerprint density at radius 1 is 1.53 bits per heavy atom. The molecular formula is C12H16N2O3. The van der Waals surface area contributed by atoms with E-state index >= 15 is 0 Å². The number of amides is 2. The highest BCUT2D eigenvalue weighted by Crippen LogP contribution is 2.23. The lowest BCUT2D eigenvalue weighted by Crippen LogP contribution is -2.33. The third-order valence-electron chi connectivity index (χ3n) is 2.80. The van der Waals surface area contributed by atoms with Crippen LogP contribution in [-0.4, -0.2) is 42.3 Å². The number of carbonyl (C=O) groups excluding carboxylic acids is 1. The number of urea groups is 1. The van der Waals surface area contributed by atoms with Gasteiger partial charge in [-0.05, 0) is 18.6 Å². The third kappa shape index (κ3) is 2.68. The predicted molar refractivity (Wildman–Crippen MR) is 64.2 cm³/mol. The van der Waals surface area contributed by atoms with Gasteiger partial charge in [0.1, 0.15) is 5.75 Å². The number of β-amino-alcohol motifs (C(OH)–C–C–N with tert-alkyl or cyclic N) is 1. The molecule has 2 rings (SSSR count). The summed E-state index contributed by atoms with van der Waals surface area (Å²) in [6, 6.07) is 7.04. The Bertz CT molecular complexity index is 408. The molecule has 2 amide bonds. The summed E-state index contributed by atoms with van der Waals surface area (Å²) in [5.41, 5.74) is 0.640. The molecule has 1 aliphatic rings. The second-order valence-electron chi connectivity index (χ2n) is 4.02. The number of nitrogens with zero attached hydrogens (tertiary/aromatic N) is 1. The molecule has 0 unspecified atom stereocenters. The van der Waals surface area contributed by atoms with E-state index in [2.05, 4.69) is 5.32 Å². The molecule has 1 heterocycles. The van der Waals surface area contributed by atoms with Gasteiger partial charge >= 0.3 is 6.03 Å². The highest BCUT2D eigenvalue weighted by Gasteiger charge is 2.24. The number of aliphatic hydroxyl groups excluding tert-OH is 1. The number of ether oxygens (including phenoxy) is 1. The second kappa shape index (κ2) is 5.05. The predicted octanol–water partition coefficient (Wildman–Crippen LogP) is 1.29. The standard InChI is InChI=1S/C12H16N2O3/c1-17-11-5-3-2-4-10(11)13-12(16)14-7-6-9(15)8-14/h2-5,9,15H,6-8H2,1H3,(H,13,16)/t9-/m1/s1. The molecule has 1 saturated heterocycles. The number of aliphatic hydroxyl groups is 1. The van der Waals surface area contributed by atoms with Crippen LogP contribution in [0, 0.1) is 0 Å². The van der Waals surface area contributed by atoms with Crippen molar-refractivity contribution in [3.63, 3.8) is 0 Å². The fourth-order valence-electron chi connectivity index (χ4n) is 1.87. The Morgan fingerprint density at radius 2 is 2.29 bits per heavy atom. The van der Waals surface area contributed by atoms with Crippen molar-refractivity contribution in [2.75, 3.05) is 25.5 Å². The summed E-state index contributed by atoms with van der Waals surface area (Å²) in [4.78, 5) is 13.5. The maximum absolute atomic E-state index is 11.9. The summed E-state index contributed by atoms with van der Waals surface area (Å²) >= 11 is 0. The minimum atomic E-state index is -0.404. The summed E-state index contributed by atoms with van der Waals surface area (Å²) in [6.45, 7) is 0.975. The molecule has 1 fully saturated rings. The Hall–Kier alpha value is -1.75. The monoisotopic (exact) mass is 236 g/mol. The number of likely N-dealkylation sites (tertiary alicyclic amines) is 1. The van der Waals surface area contributed by atoms with Gasteiger partial charge in [0.05, 0.1) is 18.9 Å². The van der Waals surface area contributed by atoms with Crippen molar-refractivity contribution in [2.24, 2.45) is 0 Å². The molecule has 0 bridgehead atoms. The van der Waals surface area contributed by atoms with Crippen LogP contribution in [0.15, 0.2) is 24.3 Å². The number of hydrogen-bond donors (Lipinski definition) is 2. The van der Waals surface area contributed by atoms with Crippen molar-refractivity contribution in [1.29, 1.82) is 0 Å². The lowest BCUT2D eigenvalue weighted by Gasteiger charge is -2.17. The molecule has 2 N–H and O–H groups in total. The number of anilines is 1. The van der Waals surface area contributed by atoms with Crippen LogP contribution in [0.4, 0.5) is 10.5 Å². The van der Waals surface area contributed by atoms with Gasteiger partial charge in [-0.3, -0.25) is 0 Å². The number of rotatable bonds is 2. The van der Waals surface area contributed by atoms with Gasteiger partial charge in [0, 0.05) is 13.1 Å². The molecule has 1 aromatic rings. The van der Waals surface area contributed by atoms with Crippen molar-refractivity contribution in [3.8, 4) is 5.75 Å². The number of para-hydroxylation sites is 2. The van der Waals surface area contributed by atoms with E-state index in [1.54, 1.807) is 24.1 Å². The molecule has 1 aliphatic heterocycles. The molecule has 0 saturated carbocycles. The Kier molecular flexibility index (Phi) is 3.49. The van der Waals surface area contributed by atoms with Crippen molar-refractivity contribution in [2.45, 2.75) is 12.5 Å². The molecule has 0 aliphatic carbocycles. The number of nitrogens with one attached hydrogen (secondary N) is 1. The molecule has 5 nitrogen and oxygen atoms in total. The SMILES string of the molecule is COc1ccccc1NC(=O)N1CC[C@@H](O)C1. The zero-order valence-electron chi connectivity index (χ0n) is 9.72. The van der Waals surface area contributed by atoms with Crippen LogP contribution < -0.4 is 10.1 Å². The molecule has 92 valence electrons. The molecule has 17 heavy (non-hydrogen) atoms. The lowest BCUT2D eigenvalue weighted by atomic mass is 10.3. The summed E-state index contributed by atoms with van der Waals surface area (Å²) in [7, 11) is 1.56. The van der Waals surface area contributed by atoms with Gasteiger partial charge in [-0.1, -0.05) is 12.1 Å². The summed E-state index contributed by atoms with van der Waals surface area (Å²) in [5, 5.41) is 12.1. The average molecular weight is 236 g/mol. The van der Waals surface area contributed by atoms with Crippen LogP contribution >= 0.6 is 0 Å². The molecule has 1 atom stereocenters. The summed E-state index contributed by atoms with van der Waals surface area (Å²) in [6.07, 6.45) is 0.234. The normalized spacial score (nSPS) is 19.2. The zero-order valence-corrected chi connectivity index (χ0v) is 9.72. The fraction of sp³-hybridized carbons (Fsp3) is 0.417. The van der Waals surface area contributed by atoms with E-state index in [0.717, 1.165) is 0 Å². The summed E-state index contributed by atoms with van der Waals surface area (Å²) < 4.78 is 5.15. The minimum absolute atomic E-state index is 0.203. The quantitative estimate of drug-likeness (QED) is 0.813. The molecule has 1 aromatic carbocycles. The number of benzene rings is 1. The Morgan fingerprint density at radius 3 is 2.94 bits per heavy atom. The van der Waals surface area contributed by atoms with Crippen LogP contribution in [0.25, 0.3) is 0 Å². The van der Waals surface area contributed by atoms with E-state index in [4.69, 9.17) is 4.74 Å². The Balaban J connectivity index is 2.03. The molecule has 0 spiro atoms. The first-order valence-electron chi connectivity index (χ1n) is 5.57. The topological polar surface area (TPSA) is 61.8 Å². The van der Waals surface area contributed by atoms with E-state index in [-0.39, 0.29) is 6.03 Å². The van der Waals surface area contributed by atoms with Crippen LogP contribution in [0.3, 0.4) is 0 Å². The van der Waals surface area contributed by atoms with Gasteiger partial charge in [-0.2, -0.15) is 0 Å². The van der Waals surface area contributed by atoms with E-state index in [1.165, 1.54) is 0 Å². The number of hydrogen-bond acceptors (Lipinski definition) is 3. The molecule has 0 aromatic heterocycles. The second-order valence-corrected chi connectivity index (χ2v) is 4.02. The average Bonchev–Trinajstić information content (AvgIpc) is 2.77. The van der Waals surface area contributed by atoms with Gasteiger partial charge in [0.25, 0.3) is 0 Å². The van der Waals surface area contributed by atoms with Crippen LogP contribution in [0.2, 0.25) is 0 Å². The molecular weight excluding hydrogens is 220 g/mol. The third-order valence-corrected chi connectivity index (χ3v) is 2.80. The number of carbonyl (C=O) groups is 1. The van der Waals surface area contributed by atoms with Crippen molar-refractivity contribution < 1.29 is 14.6 Å². The van der Waals surface area contributed by atoms with Crippen molar-refractivity contribution >= 4 is 11.7 Å². The number of methoxy groups -OCH3 is 1. The lowest BCUT2D eigenvalue weighted by molar-refractivity contribution is 0.176. The minimum Gasteiger partial charge on any atom is -0.495 e.